The number of rotatable bonds is 6. The van der Waals surface area contributed by atoms with Crippen LogP contribution in [0.4, 0.5) is 0 Å². The third-order valence-electron chi connectivity index (χ3n) is 5.36. The first-order chi connectivity index (χ1) is 12.4. The number of aromatic nitrogens is 1. The predicted molar refractivity (Wildman–Crippen MR) is 109 cm³/mol. The summed E-state index contributed by atoms with van der Waals surface area (Å²) in [7, 11) is 0. The molecular weight excluding hydrogens is 340 g/mol. The van der Waals surface area contributed by atoms with Crippen molar-refractivity contribution in [3.63, 3.8) is 0 Å². The van der Waals surface area contributed by atoms with Gasteiger partial charge in [-0.2, -0.15) is 0 Å². The van der Waals surface area contributed by atoms with E-state index in [2.05, 4.69) is 48.5 Å². The molecule has 0 bridgehead atoms. The molecule has 27 heavy (non-hydrogen) atoms. The Labute approximate surface area is 164 Å². The Bertz CT molecular complexity index is 677. The normalized spacial score (nSPS) is 17.0. The molecule has 2 rings (SSSR count). The van der Waals surface area contributed by atoms with E-state index < -0.39 is 0 Å². The molecule has 5 nitrogen and oxygen atoms in total. The Morgan fingerprint density at radius 2 is 1.70 bits per heavy atom. The predicted octanol–water partition coefficient (Wildman–Crippen LogP) is 5.10. The van der Waals surface area contributed by atoms with E-state index in [0.717, 1.165) is 36.8 Å². The molecule has 1 fully saturated rings. The fourth-order valence-electron chi connectivity index (χ4n) is 4.14. The van der Waals surface area contributed by atoms with Gasteiger partial charge in [-0.05, 0) is 30.1 Å². The Balaban J connectivity index is 2.67. The van der Waals surface area contributed by atoms with Crippen LogP contribution < -0.4 is 0 Å². The van der Waals surface area contributed by atoms with Crippen molar-refractivity contribution in [3.8, 4) is 11.8 Å². The Hall–Kier alpha value is -1.65. The summed E-state index contributed by atoms with van der Waals surface area (Å²) in [6.07, 6.45) is 4.02. The van der Waals surface area contributed by atoms with Crippen molar-refractivity contribution in [2.75, 3.05) is 6.54 Å². The Morgan fingerprint density at radius 1 is 1.07 bits per heavy atom. The van der Waals surface area contributed by atoms with Crippen molar-refractivity contribution in [2.45, 2.75) is 98.6 Å². The molecular formula is C22H38N2O3. The molecule has 1 saturated heterocycles. The standard InChI is InChI=1S/C22H38N2O3/c1-8-9-12-24-19(26)17(18(20(24)27)22(5,6)7)15(14-21(2,3)4)23-13-10-11-16(23)25/h15,26-27H,8-14H2,1-7H3. The van der Waals surface area contributed by atoms with Crippen LogP contribution in [0, 0.1) is 5.41 Å². The zero-order valence-electron chi connectivity index (χ0n) is 18.2. The zero-order chi connectivity index (χ0) is 20.6. The molecule has 1 atom stereocenters. The molecule has 0 spiro atoms. The van der Waals surface area contributed by atoms with Gasteiger partial charge in [0, 0.05) is 30.6 Å². The third-order valence-corrected chi connectivity index (χ3v) is 5.36. The van der Waals surface area contributed by atoms with Crippen LogP contribution in [0.25, 0.3) is 0 Å². The Kier molecular flexibility index (Phi) is 6.23. The topological polar surface area (TPSA) is 65.7 Å². The molecule has 0 aliphatic carbocycles. The molecule has 1 aromatic heterocycles. The van der Waals surface area contributed by atoms with Gasteiger partial charge in [-0.15, -0.1) is 0 Å². The maximum Gasteiger partial charge on any atom is 0.223 e. The molecule has 2 heterocycles. The average molecular weight is 379 g/mol. The third kappa shape index (κ3) is 4.61. The molecule has 1 unspecified atom stereocenters. The van der Waals surface area contributed by atoms with Crippen molar-refractivity contribution in [1.29, 1.82) is 0 Å². The first kappa shape index (κ1) is 21.6. The smallest absolute Gasteiger partial charge is 0.223 e. The minimum absolute atomic E-state index is 0.0176. The van der Waals surface area contributed by atoms with Gasteiger partial charge in [-0.1, -0.05) is 54.9 Å². The highest BCUT2D eigenvalue weighted by Crippen LogP contribution is 2.49. The van der Waals surface area contributed by atoms with Crippen molar-refractivity contribution in [3.05, 3.63) is 11.1 Å². The molecule has 1 aliphatic heterocycles. The van der Waals surface area contributed by atoms with Gasteiger partial charge in [-0.25, -0.2) is 0 Å². The maximum atomic E-state index is 12.6. The van der Waals surface area contributed by atoms with E-state index in [4.69, 9.17) is 0 Å². The van der Waals surface area contributed by atoms with Gasteiger partial charge in [0.1, 0.15) is 0 Å². The van der Waals surface area contributed by atoms with Gasteiger partial charge in [0.05, 0.1) is 6.04 Å². The number of likely N-dealkylation sites (tertiary alicyclic amines) is 1. The molecule has 0 radical (unpaired) electrons. The SMILES string of the molecule is CCCCn1c(O)c(C(CC(C)(C)C)N2CCCC2=O)c(C(C)(C)C)c1O. The van der Waals surface area contributed by atoms with Crippen LogP contribution in [0.3, 0.4) is 0 Å². The number of amides is 1. The number of carbonyl (C=O) groups excluding carboxylic acids is 1. The lowest BCUT2D eigenvalue weighted by molar-refractivity contribution is -0.130. The van der Waals surface area contributed by atoms with E-state index >= 15 is 0 Å². The van der Waals surface area contributed by atoms with Gasteiger partial charge in [0.2, 0.25) is 5.91 Å². The zero-order valence-corrected chi connectivity index (χ0v) is 18.2. The van der Waals surface area contributed by atoms with Gasteiger partial charge < -0.3 is 15.1 Å². The number of hydrogen-bond donors (Lipinski definition) is 2. The molecule has 1 aromatic rings. The van der Waals surface area contributed by atoms with Gasteiger partial charge in [-0.3, -0.25) is 9.36 Å². The number of hydrogen-bond acceptors (Lipinski definition) is 3. The second-order valence-corrected chi connectivity index (χ2v) is 10.2. The quantitative estimate of drug-likeness (QED) is 0.724. The molecule has 154 valence electrons. The van der Waals surface area contributed by atoms with E-state index in [1.807, 2.05) is 4.90 Å². The first-order valence-electron chi connectivity index (χ1n) is 10.3. The highest BCUT2D eigenvalue weighted by atomic mass is 16.3. The van der Waals surface area contributed by atoms with E-state index in [1.54, 1.807) is 4.57 Å². The summed E-state index contributed by atoms with van der Waals surface area (Å²) in [5, 5.41) is 22.2. The Morgan fingerprint density at radius 3 is 2.15 bits per heavy atom. The van der Waals surface area contributed by atoms with Crippen LogP contribution in [0.1, 0.15) is 97.7 Å². The lowest BCUT2D eigenvalue weighted by Gasteiger charge is -2.35. The number of unbranched alkanes of at least 4 members (excludes halogenated alkanes) is 1. The lowest BCUT2D eigenvalue weighted by atomic mass is 9.79. The van der Waals surface area contributed by atoms with Crippen molar-refractivity contribution in [1.82, 2.24) is 9.47 Å². The first-order valence-corrected chi connectivity index (χ1v) is 10.3. The van der Waals surface area contributed by atoms with E-state index in [9.17, 15) is 15.0 Å². The largest absolute Gasteiger partial charge is 0.494 e. The van der Waals surface area contributed by atoms with Crippen LogP contribution in [0.15, 0.2) is 0 Å². The highest BCUT2D eigenvalue weighted by Gasteiger charge is 2.40. The van der Waals surface area contributed by atoms with Gasteiger partial charge in [0.25, 0.3) is 0 Å². The summed E-state index contributed by atoms with van der Waals surface area (Å²) in [5.41, 5.74) is 1.15. The van der Waals surface area contributed by atoms with Crippen molar-refractivity contribution >= 4 is 5.91 Å². The molecule has 0 saturated carbocycles. The van der Waals surface area contributed by atoms with Crippen LogP contribution in [-0.2, 0) is 16.8 Å². The van der Waals surface area contributed by atoms with E-state index in [-0.39, 0.29) is 34.5 Å². The van der Waals surface area contributed by atoms with Crippen LogP contribution in [-0.4, -0.2) is 32.1 Å². The summed E-state index contributed by atoms with van der Waals surface area (Å²) in [6, 6.07) is -0.219. The second kappa shape index (κ2) is 7.76. The maximum absolute atomic E-state index is 12.6. The minimum Gasteiger partial charge on any atom is -0.494 e. The van der Waals surface area contributed by atoms with Crippen molar-refractivity contribution in [2.24, 2.45) is 5.41 Å². The summed E-state index contributed by atoms with van der Waals surface area (Å²) in [5.74, 6) is 0.415. The monoisotopic (exact) mass is 378 g/mol. The van der Waals surface area contributed by atoms with Crippen LogP contribution in [0.2, 0.25) is 0 Å². The van der Waals surface area contributed by atoms with Gasteiger partial charge in [0.15, 0.2) is 11.8 Å². The average Bonchev–Trinajstić information content (AvgIpc) is 3.04. The molecule has 1 amide bonds. The number of aromatic hydroxyl groups is 2. The summed E-state index contributed by atoms with van der Waals surface area (Å²) in [6.45, 7) is 16.0. The summed E-state index contributed by atoms with van der Waals surface area (Å²) in [4.78, 5) is 14.5. The molecule has 0 aromatic carbocycles. The molecule has 5 heteroatoms. The second-order valence-electron chi connectivity index (χ2n) is 10.2. The van der Waals surface area contributed by atoms with Gasteiger partial charge >= 0.3 is 0 Å². The van der Waals surface area contributed by atoms with Crippen molar-refractivity contribution < 1.29 is 15.0 Å². The van der Waals surface area contributed by atoms with Crippen LogP contribution in [0.5, 0.6) is 11.8 Å². The summed E-state index contributed by atoms with van der Waals surface area (Å²) >= 11 is 0. The number of nitrogens with zero attached hydrogens (tertiary/aromatic N) is 2. The van der Waals surface area contributed by atoms with E-state index in [1.165, 1.54) is 0 Å². The fourth-order valence-corrected chi connectivity index (χ4v) is 4.14. The lowest BCUT2D eigenvalue weighted by Crippen LogP contribution is -2.33. The number of carbonyl (C=O) groups is 1. The van der Waals surface area contributed by atoms with Crippen LogP contribution >= 0.6 is 0 Å². The molecule has 2 N–H and O–H groups in total. The highest BCUT2D eigenvalue weighted by molar-refractivity contribution is 5.79. The summed E-state index contributed by atoms with van der Waals surface area (Å²) < 4.78 is 1.63. The fraction of sp³-hybridized carbons (Fsp3) is 0.773. The minimum atomic E-state index is -0.340. The molecule has 1 aliphatic rings. The van der Waals surface area contributed by atoms with E-state index in [0.29, 0.717) is 19.5 Å².